The van der Waals surface area contributed by atoms with Crippen LogP contribution in [-0.2, 0) is 4.79 Å². The maximum Gasteiger partial charge on any atom is 0.165 e. The lowest BCUT2D eigenvalue weighted by molar-refractivity contribution is -0.118. The molecule has 0 radical (unpaired) electrons. The van der Waals surface area contributed by atoms with Crippen LogP contribution in [0.3, 0.4) is 0 Å². The van der Waals surface area contributed by atoms with Gasteiger partial charge in [0, 0.05) is 11.5 Å². The van der Waals surface area contributed by atoms with Gasteiger partial charge in [0.25, 0.3) is 0 Å². The van der Waals surface area contributed by atoms with E-state index in [2.05, 4.69) is 13.2 Å². The minimum absolute atomic E-state index is 0.00512. The van der Waals surface area contributed by atoms with Crippen LogP contribution in [-0.4, -0.2) is 5.78 Å². The molecule has 0 fully saturated rings. The lowest BCUT2D eigenvalue weighted by Gasteiger charge is -2.09. The Morgan fingerprint density at radius 2 is 1.76 bits per heavy atom. The van der Waals surface area contributed by atoms with Crippen LogP contribution < -0.4 is 0 Å². The van der Waals surface area contributed by atoms with Crippen LogP contribution in [0.1, 0.15) is 27.7 Å². The van der Waals surface area contributed by atoms with Crippen LogP contribution in [0.5, 0.6) is 0 Å². The van der Waals surface area contributed by atoms with Crippen molar-refractivity contribution in [2.45, 2.75) is 27.7 Å². The van der Waals surface area contributed by atoms with Crippen molar-refractivity contribution in [2.75, 3.05) is 0 Å². The van der Waals surface area contributed by atoms with Crippen molar-refractivity contribution in [3.05, 3.63) is 60.3 Å². The number of allylic oxidation sites excluding steroid dienone is 8. The van der Waals surface area contributed by atoms with E-state index in [0.717, 1.165) is 11.1 Å². The highest BCUT2D eigenvalue weighted by Gasteiger charge is 2.13. The number of carbonyl (C=O) groups is 1. The first kappa shape index (κ1) is 15.4. The van der Waals surface area contributed by atoms with E-state index in [-0.39, 0.29) is 11.7 Å². The first-order valence-corrected chi connectivity index (χ1v) is 5.78. The lowest BCUT2D eigenvalue weighted by Crippen LogP contribution is -2.11. The Morgan fingerprint density at radius 3 is 2.18 bits per heavy atom. The summed E-state index contributed by atoms with van der Waals surface area (Å²) in [6.07, 6.45) is 9.29. The fourth-order valence-corrected chi connectivity index (χ4v) is 1.28. The molecular formula is C16H22O. The molecule has 0 aromatic rings. The average Bonchev–Trinajstić information content (AvgIpc) is 2.24. The Bertz CT molecular complexity index is 390. The summed E-state index contributed by atoms with van der Waals surface area (Å²) >= 11 is 0. The summed E-state index contributed by atoms with van der Waals surface area (Å²) in [7, 11) is 0. The van der Waals surface area contributed by atoms with Crippen molar-refractivity contribution in [3.8, 4) is 0 Å². The van der Waals surface area contributed by atoms with Gasteiger partial charge in [-0.05, 0) is 25.5 Å². The van der Waals surface area contributed by atoms with Crippen molar-refractivity contribution < 1.29 is 4.79 Å². The molecule has 0 heterocycles. The summed E-state index contributed by atoms with van der Waals surface area (Å²) in [4.78, 5) is 12.0. The lowest BCUT2D eigenvalue weighted by atomic mass is 9.94. The molecule has 0 saturated carbocycles. The second-order valence-corrected chi connectivity index (χ2v) is 4.39. The largest absolute Gasteiger partial charge is 0.294 e. The van der Waals surface area contributed by atoms with Gasteiger partial charge in [-0.1, -0.05) is 56.9 Å². The van der Waals surface area contributed by atoms with E-state index in [1.807, 2.05) is 52.0 Å². The average molecular weight is 230 g/mol. The van der Waals surface area contributed by atoms with E-state index in [0.29, 0.717) is 5.57 Å². The minimum Gasteiger partial charge on any atom is -0.294 e. The fourth-order valence-electron chi connectivity index (χ4n) is 1.28. The molecule has 0 aliphatic rings. The summed E-state index contributed by atoms with van der Waals surface area (Å²) in [5.41, 5.74) is 2.54. The van der Waals surface area contributed by atoms with E-state index in [1.165, 1.54) is 0 Å². The third kappa shape index (κ3) is 5.86. The Morgan fingerprint density at radius 1 is 1.18 bits per heavy atom. The quantitative estimate of drug-likeness (QED) is 0.488. The molecule has 0 bridgehead atoms. The SMILES string of the molecule is C=C\C=C/C=C(C)/C=C(\C(=C)C)C(=O)C(C)C. The third-order valence-corrected chi connectivity index (χ3v) is 2.23. The Kier molecular flexibility index (Phi) is 6.88. The molecule has 0 aliphatic carbocycles. The highest BCUT2D eigenvalue weighted by molar-refractivity contribution is 6.00. The molecule has 92 valence electrons. The molecule has 0 atom stereocenters. The van der Waals surface area contributed by atoms with Crippen molar-refractivity contribution in [3.63, 3.8) is 0 Å². The molecule has 0 aromatic heterocycles. The summed E-state index contributed by atoms with van der Waals surface area (Å²) in [6.45, 7) is 15.1. The highest BCUT2D eigenvalue weighted by atomic mass is 16.1. The number of ketones is 1. The van der Waals surface area contributed by atoms with E-state index < -0.39 is 0 Å². The van der Waals surface area contributed by atoms with Gasteiger partial charge in [-0.2, -0.15) is 0 Å². The van der Waals surface area contributed by atoms with Gasteiger partial charge in [-0.25, -0.2) is 0 Å². The van der Waals surface area contributed by atoms with Crippen LogP contribution in [0.15, 0.2) is 60.3 Å². The smallest absolute Gasteiger partial charge is 0.165 e. The third-order valence-electron chi connectivity index (χ3n) is 2.23. The normalized spacial score (nSPS) is 13.2. The van der Waals surface area contributed by atoms with E-state index >= 15 is 0 Å². The maximum absolute atomic E-state index is 12.0. The predicted octanol–water partition coefficient (Wildman–Crippen LogP) is 4.40. The van der Waals surface area contributed by atoms with Crippen molar-refractivity contribution >= 4 is 5.78 Å². The number of hydrogen-bond acceptors (Lipinski definition) is 1. The number of Topliss-reactive ketones (excluding diaryl/α,β-unsaturated/α-hetero) is 1. The highest BCUT2D eigenvalue weighted by Crippen LogP contribution is 2.16. The van der Waals surface area contributed by atoms with Crippen LogP contribution in [0.25, 0.3) is 0 Å². The molecular weight excluding hydrogens is 208 g/mol. The molecule has 1 heteroatoms. The van der Waals surface area contributed by atoms with E-state index in [4.69, 9.17) is 0 Å². The molecule has 0 N–H and O–H groups in total. The Balaban J connectivity index is 5.14. The zero-order valence-corrected chi connectivity index (χ0v) is 11.3. The molecule has 0 saturated heterocycles. The number of rotatable bonds is 6. The molecule has 0 rings (SSSR count). The van der Waals surface area contributed by atoms with Crippen LogP contribution in [0, 0.1) is 5.92 Å². The number of hydrogen-bond donors (Lipinski definition) is 0. The fraction of sp³-hybridized carbons (Fsp3) is 0.312. The monoisotopic (exact) mass is 230 g/mol. The summed E-state index contributed by atoms with van der Waals surface area (Å²) in [5.74, 6) is 0.132. The standard InChI is InChI=1S/C16H22O/c1-7-8-9-10-14(6)11-15(12(2)3)16(17)13(4)5/h7-11,13H,1-2H2,3-6H3/b9-8-,14-10+,15-11+. The molecule has 0 unspecified atom stereocenters. The van der Waals surface area contributed by atoms with Gasteiger partial charge in [-0.15, -0.1) is 0 Å². The molecule has 0 aliphatic heterocycles. The topological polar surface area (TPSA) is 17.1 Å². The van der Waals surface area contributed by atoms with Gasteiger partial charge in [0.1, 0.15) is 0 Å². The minimum atomic E-state index is -0.00512. The van der Waals surface area contributed by atoms with Crippen LogP contribution >= 0.6 is 0 Å². The van der Waals surface area contributed by atoms with Crippen molar-refractivity contribution in [1.82, 2.24) is 0 Å². The molecule has 1 nitrogen and oxygen atoms in total. The molecule has 0 amide bonds. The van der Waals surface area contributed by atoms with E-state index in [9.17, 15) is 4.79 Å². The molecule has 17 heavy (non-hydrogen) atoms. The summed E-state index contributed by atoms with van der Waals surface area (Å²) in [5, 5.41) is 0. The molecule has 0 spiro atoms. The zero-order valence-electron chi connectivity index (χ0n) is 11.3. The maximum atomic E-state index is 12.0. The predicted molar refractivity (Wildman–Crippen MR) is 75.8 cm³/mol. The second kappa shape index (κ2) is 7.61. The van der Waals surface area contributed by atoms with Crippen LogP contribution in [0.4, 0.5) is 0 Å². The Hall–Kier alpha value is -1.63. The second-order valence-electron chi connectivity index (χ2n) is 4.39. The number of carbonyl (C=O) groups excluding carboxylic acids is 1. The van der Waals surface area contributed by atoms with Crippen molar-refractivity contribution in [1.29, 1.82) is 0 Å². The van der Waals surface area contributed by atoms with Gasteiger partial charge >= 0.3 is 0 Å². The van der Waals surface area contributed by atoms with Gasteiger partial charge in [0.15, 0.2) is 5.78 Å². The summed E-state index contributed by atoms with van der Waals surface area (Å²) < 4.78 is 0. The van der Waals surface area contributed by atoms with Gasteiger partial charge in [0.05, 0.1) is 0 Å². The van der Waals surface area contributed by atoms with Gasteiger partial charge in [-0.3, -0.25) is 4.79 Å². The Labute approximate surface area is 105 Å². The van der Waals surface area contributed by atoms with Gasteiger partial charge in [0.2, 0.25) is 0 Å². The first-order chi connectivity index (χ1) is 7.90. The zero-order chi connectivity index (χ0) is 13.4. The van der Waals surface area contributed by atoms with E-state index in [1.54, 1.807) is 6.08 Å². The first-order valence-electron chi connectivity index (χ1n) is 5.78. The van der Waals surface area contributed by atoms with Crippen LogP contribution in [0.2, 0.25) is 0 Å². The van der Waals surface area contributed by atoms with Crippen molar-refractivity contribution in [2.24, 2.45) is 5.92 Å². The van der Waals surface area contributed by atoms with Gasteiger partial charge < -0.3 is 0 Å². The summed E-state index contributed by atoms with van der Waals surface area (Å²) in [6, 6.07) is 0. The molecule has 0 aromatic carbocycles.